The van der Waals surface area contributed by atoms with Crippen LogP contribution in [0.3, 0.4) is 0 Å². The van der Waals surface area contributed by atoms with Gasteiger partial charge in [0, 0.05) is 31.5 Å². The fourth-order valence-electron chi connectivity index (χ4n) is 3.86. The third-order valence-corrected chi connectivity index (χ3v) is 7.07. The van der Waals surface area contributed by atoms with Crippen LogP contribution in [0, 0.1) is 0 Å². The van der Waals surface area contributed by atoms with E-state index in [0.29, 0.717) is 43.0 Å². The minimum absolute atomic E-state index is 0.172. The number of carbonyl (C=O) groups excluding carboxylic acids is 1. The summed E-state index contributed by atoms with van der Waals surface area (Å²) in [6, 6.07) is 0.640. The predicted molar refractivity (Wildman–Crippen MR) is 69.2 cm³/mol. The number of Topliss-reactive ketones (excluding diaryl/α,β-unsaturated/α-hetero) is 1. The molecule has 3 aliphatic heterocycles. The van der Waals surface area contributed by atoms with Crippen LogP contribution in [0.25, 0.3) is 0 Å². The van der Waals surface area contributed by atoms with Crippen molar-refractivity contribution in [3.8, 4) is 0 Å². The van der Waals surface area contributed by atoms with Crippen LogP contribution in [0.5, 0.6) is 0 Å². The Morgan fingerprint density at radius 1 is 1.06 bits per heavy atom. The van der Waals surface area contributed by atoms with Crippen LogP contribution in [0.4, 0.5) is 0 Å². The molecule has 102 valence electrons. The molecule has 3 aliphatic rings. The molecule has 3 atom stereocenters. The van der Waals surface area contributed by atoms with E-state index in [1.54, 1.807) is 0 Å². The van der Waals surface area contributed by atoms with Crippen molar-refractivity contribution < 1.29 is 13.2 Å². The lowest BCUT2D eigenvalue weighted by atomic mass is 9.83. The summed E-state index contributed by atoms with van der Waals surface area (Å²) in [6.07, 6.45) is 6.23. The highest BCUT2D eigenvalue weighted by Gasteiger charge is 2.41. The normalized spacial score (nSPS) is 40.0. The second-order valence-electron chi connectivity index (χ2n) is 6.01. The van der Waals surface area contributed by atoms with Gasteiger partial charge in [-0.15, -0.1) is 0 Å². The van der Waals surface area contributed by atoms with Crippen molar-refractivity contribution in [2.24, 2.45) is 0 Å². The second-order valence-corrected chi connectivity index (χ2v) is 8.41. The van der Waals surface area contributed by atoms with Crippen molar-refractivity contribution in [3.05, 3.63) is 0 Å². The molecule has 0 aromatic carbocycles. The van der Waals surface area contributed by atoms with Gasteiger partial charge in [-0.3, -0.25) is 9.69 Å². The Bertz CT molecular complexity index is 429. The fourth-order valence-corrected chi connectivity index (χ4v) is 5.69. The van der Waals surface area contributed by atoms with Gasteiger partial charge < -0.3 is 0 Å². The summed E-state index contributed by atoms with van der Waals surface area (Å²) in [5.74, 6) is 0.731. The highest BCUT2D eigenvalue weighted by atomic mass is 32.2. The summed E-state index contributed by atoms with van der Waals surface area (Å²) in [7, 11) is -2.86. The molecule has 5 heteroatoms. The van der Waals surface area contributed by atoms with Gasteiger partial charge in [0.1, 0.15) is 5.78 Å². The highest BCUT2D eigenvalue weighted by Crippen LogP contribution is 2.34. The first-order chi connectivity index (χ1) is 8.56. The molecule has 0 saturated carbocycles. The van der Waals surface area contributed by atoms with Crippen molar-refractivity contribution in [2.45, 2.75) is 62.3 Å². The Kier molecular flexibility index (Phi) is 3.22. The number of fused-ring (bicyclic) bond motifs is 2. The zero-order valence-corrected chi connectivity index (χ0v) is 11.5. The zero-order valence-electron chi connectivity index (χ0n) is 10.7. The fraction of sp³-hybridized carbons (Fsp3) is 0.923. The van der Waals surface area contributed by atoms with Gasteiger partial charge in [-0.1, -0.05) is 6.42 Å². The lowest BCUT2D eigenvalue weighted by Gasteiger charge is -2.46. The van der Waals surface area contributed by atoms with E-state index < -0.39 is 9.84 Å². The number of piperidine rings is 2. The van der Waals surface area contributed by atoms with Gasteiger partial charge in [-0.2, -0.15) is 0 Å². The van der Waals surface area contributed by atoms with E-state index in [1.807, 2.05) is 0 Å². The minimum Gasteiger partial charge on any atom is -0.300 e. The Balaban J connectivity index is 1.74. The summed E-state index contributed by atoms with van der Waals surface area (Å²) in [6.45, 7) is 0.672. The third kappa shape index (κ3) is 2.23. The van der Waals surface area contributed by atoms with Crippen molar-refractivity contribution in [2.75, 3.05) is 12.3 Å². The zero-order chi connectivity index (χ0) is 12.8. The lowest BCUT2D eigenvalue weighted by Crippen LogP contribution is -2.54. The largest absolute Gasteiger partial charge is 0.300 e. The van der Waals surface area contributed by atoms with E-state index in [4.69, 9.17) is 0 Å². The molecule has 0 radical (unpaired) electrons. The van der Waals surface area contributed by atoms with Gasteiger partial charge in [0.2, 0.25) is 0 Å². The van der Waals surface area contributed by atoms with Crippen LogP contribution in [0.15, 0.2) is 0 Å². The number of carbonyl (C=O) groups is 1. The maximum absolute atomic E-state index is 11.9. The van der Waals surface area contributed by atoms with Crippen LogP contribution in [0.1, 0.15) is 44.9 Å². The van der Waals surface area contributed by atoms with E-state index in [0.717, 1.165) is 25.7 Å². The monoisotopic (exact) mass is 271 g/mol. The average Bonchev–Trinajstić information content (AvgIpc) is 2.59. The van der Waals surface area contributed by atoms with Gasteiger partial charge in [0.15, 0.2) is 9.84 Å². The molecule has 0 aliphatic carbocycles. The molecular weight excluding hydrogens is 250 g/mol. The summed E-state index contributed by atoms with van der Waals surface area (Å²) < 4.78 is 23.9. The predicted octanol–water partition coefficient (Wildman–Crippen LogP) is 1.15. The molecule has 3 saturated heterocycles. The molecule has 2 bridgehead atoms. The molecule has 3 unspecified atom stereocenters. The number of ketones is 1. The van der Waals surface area contributed by atoms with Crippen molar-refractivity contribution in [3.63, 3.8) is 0 Å². The van der Waals surface area contributed by atoms with Crippen LogP contribution >= 0.6 is 0 Å². The Morgan fingerprint density at radius 3 is 2.28 bits per heavy atom. The summed E-state index contributed by atoms with van der Waals surface area (Å²) in [5.41, 5.74) is 0. The van der Waals surface area contributed by atoms with Gasteiger partial charge in [0.25, 0.3) is 0 Å². The molecule has 0 spiro atoms. The molecule has 3 fully saturated rings. The van der Waals surface area contributed by atoms with E-state index in [9.17, 15) is 13.2 Å². The average molecular weight is 271 g/mol. The molecule has 4 nitrogen and oxygen atoms in total. The van der Waals surface area contributed by atoms with Gasteiger partial charge >= 0.3 is 0 Å². The van der Waals surface area contributed by atoms with E-state index >= 15 is 0 Å². The number of rotatable bonds is 2. The molecule has 3 rings (SSSR count). The number of sulfone groups is 1. The first kappa shape index (κ1) is 12.6. The Hall–Kier alpha value is -0.420. The molecular formula is C13H21NO3S. The van der Waals surface area contributed by atoms with E-state index in [2.05, 4.69) is 4.90 Å². The van der Waals surface area contributed by atoms with Crippen LogP contribution in [-0.4, -0.2) is 48.7 Å². The van der Waals surface area contributed by atoms with Gasteiger partial charge in [0.05, 0.1) is 11.0 Å². The van der Waals surface area contributed by atoms with Crippen LogP contribution < -0.4 is 0 Å². The Labute approximate surface area is 109 Å². The van der Waals surface area contributed by atoms with E-state index in [1.165, 1.54) is 6.42 Å². The molecule has 3 heterocycles. The summed E-state index contributed by atoms with van der Waals surface area (Å²) in [4.78, 5) is 14.0. The molecule has 0 aromatic rings. The maximum atomic E-state index is 11.9. The van der Waals surface area contributed by atoms with Crippen LogP contribution in [-0.2, 0) is 14.6 Å². The van der Waals surface area contributed by atoms with Crippen molar-refractivity contribution >= 4 is 15.6 Å². The van der Waals surface area contributed by atoms with Crippen molar-refractivity contribution in [1.82, 2.24) is 4.90 Å². The number of hydrogen-bond donors (Lipinski definition) is 0. The van der Waals surface area contributed by atoms with Crippen molar-refractivity contribution in [1.29, 1.82) is 0 Å². The SMILES string of the molecule is O=C1CC2CCCC(C1)N2CC1CCCS1(=O)=O. The first-order valence-corrected chi connectivity index (χ1v) is 8.77. The first-order valence-electron chi connectivity index (χ1n) is 7.05. The van der Waals surface area contributed by atoms with Crippen LogP contribution in [0.2, 0.25) is 0 Å². The summed E-state index contributed by atoms with van der Waals surface area (Å²) >= 11 is 0. The quantitative estimate of drug-likeness (QED) is 0.756. The molecule has 0 amide bonds. The van der Waals surface area contributed by atoms with E-state index in [-0.39, 0.29) is 5.25 Å². The standard InChI is InChI=1S/C13H21NO3S/c15-12-7-10-3-1-4-11(8-12)14(10)9-13-5-2-6-18(13,16)17/h10-11,13H,1-9H2. The van der Waals surface area contributed by atoms with Gasteiger partial charge in [-0.05, 0) is 25.7 Å². The number of hydrogen-bond acceptors (Lipinski definition) is 4. The molecule has 18 heavy (non-hydrogen) atoms. The lowest BCUT2D eigenvalue weighted by molar-refractivity contribution is -0.127. The second kappa shape index (κ2) is 4.60. The smallest absolute Gasteiger partial charge is 0.154 e. The topological polar surface area (TPSA) is 54.5 Å². The third-order valence-electron chi connectivity index (χ3n) is 4.82. The molecule has 0 aromatic heterocycles. The minimum atomic E-state index is -2.86. The Morgan fingerprint density at radius 2 is 1.72 bits per heavy atom. The summed E-state index contributed by atoms with van der Waals surface area (Å²) in [5, 5.41) is -0.172. The maximum Gasteiger partial charge on any atom is 0.154 e. The number of nitrogens with zero attached hydrogens (tertiary/aromatic N) is 1. The highest BCUT2D eigenvalue weighted by molar-refractivity contribution is 7.92. The van der Waals surface area contributed by atoms with Gasteiger partial charge in [-0.25, -0.2) is 8.42 Å². The molecule has 0 N–H and O–H groups in total.